The smallest absolute Gasteiger partial charge is 0.369 e. The largest absolute Gasteiger partial charge is 0.405 e. The van der Waals surface area contributed by atoms with Crippen LogP contribution in [0.4, 0.5) is 19.0 Å². The third-order valence-corrected chi connectivity index (χ3v) is 2.52. The Bertz CT molecular complexity index is 451. The quantitative estimate of drug-likeness (QED) is 0.867. The molecule has 1 rings (SSSR count). The number of rotatable bonds is 5. The van der Waals surface area contributed by atoms with Crippen LogP contribution in [-0.4, -0.2) is 30.2 Å². The standard InChI is InChI=1S/C11H13BrF3N3O/c1-2-3-16-9-8(4-7(12)5-17-9)10(19)18-6-11(13,14)15/h4-5H,2-3,6H2,1H3,(H,16,17)(H,18,19). The van der Waals surface area contributed by atoms with E-state index in [2.05, 4.69) is 26.2 Å². The van der Waals surface area contributed by atoms with E-state index in [-0.39, 0.29) is 11.4 Å². The zero-order chi connectivity index (χ0) is 14.5. The predicted octanol–water partition coefficient (Wildman–Crippen LogP) is 2.96. The van der Waals surface area contributed by atoms with Gasteiger partial charge in [-0.2, -0.15) is 13.2 Å². The van der Waals surface area contributed by atoms with Crippen molar-refractivity contribution in [2.45, 2.75) is 19.5 Å². The summed E-state index contributed by atoms with van der Waals surface area (Å²) in [6.45, 7) is 1.13. The van der Waals surface area contributed by atoms with Gasteiger partial charge in [0, 0.05) is 17.2 Å². The molecule has 1 heterocycles. The summed E-state index contributed by atoms with van der Waals surface area (Å²) >= 11 is 3.13. The van der Waals surface area contributed by atoms with Gasteiger partial charge in [-0.1, -0.05) is 6.92 Å². The molecule has 0 spiro atoms. The maximum Gasteiger partial charge on any atom is 0.405 e. The number of pyridine rings is 1. The molecule has 0 bridgehead atoms. The van der Waals surface area contributed by atoms with E-state index in [1.54, 1.807) is 0 Å². The normalized spacial score (nSPS) is 11.2. The second-order valence-electron chi connectivity index (χ2n) is 3.77. The van der Waals surface area contributed by atoms with Crippen LogP contribution in [0.25, 0.3) is 0 Å². The molecule has 0 fully saturated rings. The Kier molecular flexibility index (Phi) is 5.59. The van der Waals surface area contributed by atoms with E-state index in [0.717, 1.165) is 6.42 Å². The highest BCUT2D eigenvalue weighted by molar-refractivity contribution is 9.10. The lowest BCUT2D eigenvalue weighted by atomic mass is 10.2. The molecule has 0 saturated carbocycles. The van der Waals surface area contributed by atoms with Crippen LogP contribution < -0.4 is 10.6 Å². The van der Waals surface area contributed by atoms with Crippen LogP contribution in [0.5, 0.6) is 0 Å². The molecule has 1 amide bonds. The van der Waals surface area contributed by atoms with Crippen molar-refractivity contribution in [1.29, 1.82) is 0 Å². The van der Waals surface area contributed by atoms with Crippen LogP contribution in [0.1, 0.15) is 23.7 Å². The zero-order valence-electron chi connectivity index (χ0n) is 10.1. The number of nitrogens with one attached hydrogen (secondary N) is 2. The van der Waals surface area contributed by atoms with Crippen LogP contribution in [0.2, 0.25) is 0 Å². The van der Waals surface area contributed by atoms with Gasteiger partial charge in [0.05, 0.1) is 5.56 Å². The Morgan fingerprint density at radius 3 is 2.74 bits per heavy atom. The molecule has 0 aromatic carbocycles. The van der Waals surface area contributed by atoms with Crippen LogP contribution >= 0.6 is 15.9 Å². The first-order valence-electron chi connectivity index (χ1n) is 5.58. The molecule has 106 valence electrons. The first-order valence-corrected chi connectivity index (χ1v) is 6.37. The molecule has 0 saturated heterocycles. The van der Waals surface area contributed by atoms with Gasteiger partial charge in [0.25, 0.3) is 5.91 Å². The van der Waals surface area contributed by atoms with E-state index in [9.17, 15) is 18.0 Å². The monoisotopic (exact) mass is 339 g/mol. The fourth-order valence-corrected chi connectivity index (χ4v) is 1.60. The van der Waals surface area contributed by atoms with E-state index in [4.69, 9.17) is 0 Å². The number of nitrogens with zero attached hydrogens (tertiary/aromatic N) is 1. The third kappa shape index (κ3) is 5.46. The van der Waals surface area contributed by atoms with E-state index in [0.29, 0.717) is 11.0 Å². The molecule has 1 aromatic heterocycles. The SMILES string of the molecule is CCCNc1ncc(Br)cc1C(=O)NCC(F)(F)F. The minimum atomic E-state index is -4.44. The molecular weight excluding hydrogens is 327 g/mol. The van der Waals surface area contributed by atoms with Crippen molar-refractivity contribution in [3.05, 3.63) is 22.3 Å². The summed E-state index contributed by atoms with van der Waals surface area (Å²) in [4.78, 5) is 15.7. The number of aromatic nitrogens is 1. The van der Waals surface area contributed by atoms with Crippen molar-refractivity contribution in [2.75, 3.05) is 18.4 Å². The highest BCUT2D eigenvalue weighted by atomic mass is 79.9. The summed E-state index contributed by atoms with van der Waals surface area (Å²) in [5.41, 5.74) is 0.0760. The van der Waals surface area contributed by atoms with Gasteiger partial charge in [0.2, 0.25) is 0 Å². The number of anilines is 1. The number of amides is 1. The van der Waals surface area contributed by atoms with E-state index in [1.807, 2.05) is 12.2 Å². The molecule has 19 heavy (non-hydrogen) atoms. The first kappa shape index (κ1) is 15.7. The minimum absolute atomic E-state index is 0.0760. The Morgan fingerprint density at radius 2 is 2.16 bits per heavy atom. The van der Waals surface area contributed by atoms with Gasteiger partial charge in [-0.15, -0.1) is 0 Å². The highest BCUT2D eigenvalue weighted by Crippen LogP contribution is 2.19. The van der Waals surface area contributed by atoms with E-state index < -0.39 is 18.6 Å². The van der Waals surface area contributed by atoms with E-state index >= 15 is 0 Å². The van der Waals surface area contributed by atoms with Crippen molar-refractivity contribution in [1.82, 2.24) is 10.3 Å². The molecule has 2 N–H and O–H groups in total. The second-order valence-corrected chi connectivity index (χ2v) is 4.69. The number of alkyl halides is 3. The van der Waals surface area contributed by atoms with Crippen LogP contribution in [0, 0.1) is 0 Å². The molecule has 1 aromatic rings. The van der Waals surface area contributed by atoms with Crippen molar-refractivity contribution >= 4 is 27.7 Å². The molecule has 0 aliphatic heterocycles. The zero-order valence-corrected chi connectivity index (χ0v) is 11.7. The number of hydrogen-bond donors (Lipinski definition) is 2. The molecular formula is C11H13BrF3N3O. The molecule has 4 nitrogen and oxygen atoms in total. The van der Waals surface area contributed by atoms with E-state index in [1.165, 1.54) is 12.3 Å². The van der Waals surface area contributed by atoms with Gasteiger partial charge >= 0.3 is 6.18 Å². The summed E-state index contributed by atoms with van der Waals surface area (Å²) in [7, 11) is 0. The molecule has 0 unspecified atom stereocenters. The Labute approximate surface area is 116 Å². The number of halogens is 4. The predicted molar refractivity (Wildman–Crippen MR) is 69.1 cm³/mol. The van der Waals surface area contributed by atoms with Crippen LogP contribution in [0.3, 0.4) is 0 Å². The van der Waals surface area contributed by atoms with Crippen molar-refractivity contribution in [2.24, 2.45) is 0 Å². The van der Waals surface area contributed by atoms with Crippen LogP contribution in [-0.2, 0) is 0 Å². The average Bonchev–Trinajstić information content (AvgIpc) is 2.33. The first-order chi connectivity index (χ1) is 8.83. The van der Waals surface area contributed by atoms with Crippen LogP contribution in [0.15, 0.2) is 16.7 Å². The average molecular weight is 340 g/mol. The summed E-state index contributed by atoms with van der Waals surface area (Å²) in [6, 6.07) is 1.43. The maximum absolute atomic E-state index is 12.1. The van der Waals surface area contributed by atoms with Gasteiger partial charge in [-0.05, 0) is 28.4 Å². The topological polar surface area (TPSA) is 54.0 Å². The Balaban J connectivity index is 2.84. The van der Waals surface area contributed by atoms with Crippen molar-refractivity contribution in [3.8, 4) is 0 Å². The second kappa shape index (κ2) is 6.74. The molecule has 0 atom stereocenters. The Morgan fingerprint density at radius 1 is 1.47 bits per heavy atom. The summed E-state index contributed by atoms with van der Waals surface area (Å²) in [5.74, 6) is -0.547. The van der Waals surface area contributed by atoms with Gasteiger partial charge < -0.3 is 10.6 Å². The van der Waals surface area contributed by atoms with Gasteiger partial charge in [-0.3, -0.25) is 4.79 Å². The fraction of sp³-hybridized carbons (Fsp3) is 0.455. The summed E-state index contributed by atoms with van der Waals surface area (Å²) < 4.78 is 36.7. The summed E-state index contributed by atoms with van der Waals surface area (Å²) in [5, 5.41) is 4.71. The van der Waals surface area contributed by atoms with Gasteiger partial charge in [0.15, 0.2) is 0 Å². The van der Waals surface area contributed by atoms with Gasteiger partial charge in [-0.25, -0.2) is 4.98 Å². The lowest BCUT2D eigenvalue weighted by Gasteiger charge is -2.12. The Hall–Kier alpha value is -1.31. The lowest BCUT2D eigenvalue weighted by molar-refractivity contribution is -0.123. The van der Waals surface area contributed by atoms with Crippen molar-refractivity contribution < 1.29 is 18.0 Å². The minimum Gasteiger partial charge on any atom is -0.369 e. The lowest BCUT2D eigenvalue weighted by Crippen LogP contribution is -2.34. The molecule has 0 aliphatic rings. The van der Waals surface area contributed by atoms with Gasteiger partial charge in [0.1, 0.15) is 12.4 Å². The maximum atomic E-state index is 12.1. The number of carbonyl (C=O) groups is 1. The molecule has 8 heteroatoms. The fourth-order valence-electron chi connectivity index (χ4n) is 1.27. The number of hydrogen-bond acceptors (Lipinski definition) is 3. The number of carbonyl (C=O) groups excluding carboxylic acids is 1. The highest BCUT2D eigenvalue weighted by Gasteiger charge is 2.28. The van der Waals surface area contributed by atoms with Crippen molar-refractivity contribution in [3.63, 3.8) is 0 Å². The summed E-state index contributed by atoms with van der Waals surface area (Å²) in [6.07, 6.45) is -2.16. The molecule has 0 radical (unpaired) electrons. The molecule has 0 aliphatic carbocycles. The third-order valence-electron chi connectivity index (χ3n) is 2.09.